The van der Waals surface area contributed by atoms with Crippen LogP contribution < -0.4 is 5.32 Å². The van der Waals surface area contributed by atoms with Gasteiger partial charge in [0, 0.05) is 18.7 Å². The third kappa shape index (κ3) is 2.33. The summed E-state index contributed by atoms with van der Waals surface area (Å²) in [6, 6.07) is 4.02. The van der Waals surface area contributed by atoms with Crippen LogP contribution in [-0.2, 0) is 6.42 Å². The lowest BCUT2D eigenvalue weighted by atomic mass is 10.3. The second kappa shape index (κ2) is 4.40. The van der Waals surface area contributed by atoms with E-state index in [-0.39, 0.29) is 0 Å². The summed E-state index contributed by atoms with van der Waals surface area (Å²) >= 11 is 0. The molecule has 0 radical (unpaired) electrons. The maximum Gasteiger partial charge on any atom is 0.177 e. The molecule has 2 aromatic rings. The van der Waals surface area contributed by atoms with Crippen LogP contribution in [0.25, 0.3) is 11.2 Å². The minimum atomic E-state index is 0.821. The highest BCUT2D eigenvalue weighted by Crippen LogP contribution is 2.09. The van der Waals surface area contributed by atoms with Gasteiger partial charge in [0.25, 0.3) is 0 Å². The molecule has 4 nitrogen and oxygen atoms in total. The van der Waals surface area contributed by atoms with Crippen molar-refractivity contribution in [1.82, 2.24) is 20.3 Å². The predicted octanol–water partition coefficient (Wildman–Crippen LogP) is 1.42. The van der Waals surface area contributed by atoms with Crippen LogP contribution in [0, 0.1) is 6.92 Å². The second-order valence-electron chi connectivity index (χ2n) is 3.61. The molecule has 0 unspecified atom stereocenters. The zero-order valence-corrected chi connectivity index (χ0v) is 9.17. The quantitative estimate of drug-likeness (QED) is 0.740. The highest BCUT2D eigenvalue weighted by molar-refractivity contribution is 5.70. The molecule has 0 aliphatic rings. The number of H-pyrrole nitrogens is 1. The van der Waals surface area contributed by atoms with Crippen LogP contribution in [0.4, 0.5) is 0 Å². The summed E-state index contributed by atoms with van der Waals surface area (Å²) in [6.45, 7) is 6.03. The van der Waals surface area contributed by atoms with Crippen LogP contribution >= 0.6 is 0 Å². The van der Waals surface area contributed by atoms with E-state index in [9.17, 15) is 0 Å². The summed E-state index contributed by atoms with van der Waals surface area (Å²) in [5, 5.41) is 3.27. The highest BCUT2D eigenvalue weighted by atomic mass is 15.0. The first kappa shape index (κ1) is 10.1. The molecule has 0 bridgehead atoms. The zero-order valence-electron chi connectivity index (χ0n) is 9.17. The van der Waals surface area contributed by atoms with Crippen LogP contribution in [0.1, 0.15) is 18.4 Å². The van der Waals surface area contributed by atoms with Crippen molar-refractivity contribution in [3.63, 3.8) is 0 Å². The van der Waals surface area contributed by atoms with E-state index in [1.54, 1.807) is 0 Å². The summed E-state index contributed by atoms with van der Waals surface area (Å²) in [6.07, 6.45) is 0.920. The average Bonchev–Trinajstić information content (AvgIpc) is 2.60. The van der Waals surface area contributed by atoms with Crippen LogP contribution in [-0.4, -0.2) is 28.0 Å². The Morgan fingerprint density at radius 3 is 3.00 bits per heavy atom. The number of aromatic amines is 1. The number of hydrogen-bond acceptors (Lipinski definition) is 3. The van der Waals surface area contributed by atoms with E-state index in [1.807, 2.05) is 19.1 Å². The van der Waals surface area contributed by atoms with Crippen molar-refractivity contribution in [2.75, 3.05) is 13.1 Å². The predicted molar refractivity (Wildman–Crippen MR) is 60.9 cm³/mol. The van der Waals surface area contributed by atoms with Crippen molar-refractivity contribution < 1.29 is 0 Å². The molecule has 0 fully saturated rings. The fourth-order valence-corrected chi connectivity index (χ4v) is 1.54. The number of aromatic nitrogens is 3. The molecule has 2 N–H and O–H groups in total. The summed E-state index contributed by atoms with van der Waals surface area (Å²) in [5.41, 5.74) is 2.85. The number of imidazole rings is 1. The lowest BCUT2D eigenvalue weighted by Gasteiger charge is -1.96. The van der Waals surface area contributed by atoms with E-state index in [0.717, 1.165) is 42.2 Å². The Bertz CT molecular complexity index is 447. The molecular weight excluding hydrogens is 188 g/mol. The molecule has 80 valence electrons. The molecule has 0 saturated heterocycles. The van der Waals surface area contributed by atoms with Crippen LogP contribution in [0.2, 0.25) is 0 Å². The lowest BCUT2D eigenvalue weighted by Crippen LogP contribution is -2.16. The first-order valence-electron chi connectivity index (χ1n) is 5.32. The molecule has 0 amide bonds. The highest BCUT2D eigenvalue weighted by Gasteiger charge is 2.02. The fourth-order valence-electron chi connectivity index (χ4n) is 1.54. The largest absolute Gasteiger partial charge is 0.341 e. The topological polar surface area (TPSA) is 53.6 Å². The number of rotatable bonds is 4. The van der Waals surface area contributed by atoms with E-state index >= 15 is 0 Å². The van der Waals surface area contributed by atoms with E-state index in [4.69, 9.17) is 0 Å². The minimum Gasteiger partial charge on any atom is -0.341 e. The van der Waals surface area contributed by atoms with Gasteiger partial charge in [-0.05, 0) is 25.6 Å². The summed E-state index contributed by atoms with van der Waals surface area (Å²) in [7, 11) is 0. The molecular formula is C11H16N4. The van der Waals surface area contributed by atoms with Gasteiger partial charge >= 0.3 is 0 Å². The number of aryl methyl sites for hydroxylation is 1. The van der Waals surface area contributed by atoms with Gasteiger partial charge in [0.2, 0.25) is 0 Å². The van der Waals surface area contributed by atoms with Crippen molar-refractivity contribution >= 4 is 11.2 Å². The molecule has 2 rings (SSSR count). The standard InChI is InChI=1S/C11H16N4/c1-3-12-7-6-10-14-9-5-4-8(2)13-11(9)15-10/h4-5,12H,3,6-7H2,1-2H3,(H,13,14,15). The number of likely N-dealkylation sites (N-methyl/N-ethyl adjacent to an activating group) is 1. The Balaban J connectivity index is 2.16. The maximum absolute atomic E-state index is 4.44. The summed E-state index contributed by atoms with van der Waals surface area (Å²) < 4.78 is 0. The van der Waals surface area contributed by atoms with Gasteiger partial charge in [0.1, 0.15) is 5.82 Å². The van der Waals surface area contributed by atoms with E-state index in [0.29, 0.717) is 0 Å². The lowest BCUT2D eigenvalue weighted by molar-refractivity contribution is 0.702. The Morgan fingerprint density at radius 2 is 2.20 bits per heavy atom. The number of nitrogens with zero attached hydrogens (tertiary/aromatic N) is 2. The molecule has 0 aromatic carbocycles. The third-order valence-electron chi connectivity index (χ3n) is 2.32. The third-order valence-corrected chi connectivity index (χ3v) is 2.32. The minimum absolute atomic E-state index is 0.821. The van der Waals surface area contributed by atoms with Crippen LogP contribution in [0.3, 0.4) is 0 Å². The Hall–Kier alpha value is -1.42. The van der Waals surface area contributed by atoms with E-state index < -0.39 is 0 Å². The molecule has 2 aromatic heterocycles. The molecule has 0 spiro atoms. The number of pyridine rings is 1. The first-order valence-corrected chi connectivity index (χ1v) is 5.32. The Labute approximate surface area is 89.1 Å². The molecule has 0 atom stereocenters. The van der Waals surface area contributed by atoms with Gasteiger partial charge in [-0.3, -0.25) is 0 Å². The molecule has 15 heavy (non-hydrogen) atoms. The van der Waals surface area contributed by atoms with Gasteiger partial charge in [-0.15, -0.1) is 0 Å². The SMILES string of the molecule is CCNCCc1nc2nc(C)ccc2[nH]1. The van der Waals surface area contributed by atoms with Gasteiger partial charge in [-0.1, -0.05) is 6.92 Å². The number of nitrogens with one attached hydrogen (secondary N) is 2. The molecule has 0 saturated carbocycles. The molecule has 0 aliphatic heterocycles. The van der Waals surface area contributed by atoms with Crippen molar-refractivity contribution in [3.8, 4) is 0 Å². The number of hydrogen-bond donors (Lipinski definition) is 2. The van der Waals surface area contributed by atoms with Crippen molar-refractivity contribution in [2.24, 2.45) is 0 Å². The van der Waals surface area contributed by atoms with Gasteiger partial charge in [0.05, 0.1) is 5.52 Å². The van der Waals surface area contributed by atoms with Crippen molar-refractivity contribution in [3.05, 3.63) is 23.7 Å². The second-order valence-corrected chi connectivity index (χ2v) is 3.61. The molecule has 2 heterocycles. The van der Waals surface area contributed by atoms with Gasteiger partial charge < -0.3 is 10.3 Å². The van der Waals surface area contributed by atoms with E-state index in [1.165, 1.54) is 0 Å². The van der Waals surface area contributed by atoms with Crippen molar-refractivity contribution in [2.45, 2.75) is 20.3 Å². The zero-order chi connectivity index (χ0) is 10.7. The molecule has 0 aliphatic carbocycles. The first-order chi connectivity index (χ1) is 7.29. The van der Waals surface area contributed by atoms with Gasteiger partial charge in [-0.2, -0.15) is 0 Å². The Kier molecular flexibility index (Phi) is 2.97. The normalized spacial score (nSPS) is 11.1. The fraction of sp³-hybridized carbons (Fsp3) is 0.455. The van der Waals surface area contributed by atoms with E-state index in [2.05, 4.69) is 27.2 Å². The maximum atomic E-state index is 4.44. The van der Waals surface area contributed by atoms with Crippen molar-refractivity contribution in [1.29, 1.82) is 0 Å². The monoisotopic (exact) mass is 204 g/mol. The van der Waals surface area contributed by atoms with Crippen LogP contribution in [0.5, 0.6) is 0 Å². The van der Waals surface area contributed by atoms with Crippen LogP contribution in [0.15, 0.2) is 12.1 Å². The summed E-state index contributed by atoms with van der Waals surface area (Å²) in [5.74, 6) is 1.00. The van der Waals surface area contributed by atoms with Gasteiger partial charge in [-0.25, -0.2) is 9.97 Å². The average molecular weight is 204 g/mol. The molecule has 4 heteroatoms. The van der Waals surface area contributed by atoms with Gasteiger partial charge in [0.15, 0.2) is 5.65 Å². The smallest absolute Gasteiger partial charge is 0.177 e. The number of fused-ring (bicyclic) bond motifs is 1. The summed E-state index contributed by atoms with van der Waals surface area (Å²) in [4.78, 5) is 12.1. The Morgan fingerprint density at radius 1 is 1.33 bits per heavy atom.